The Bertz CT molecular complexity index is 1340. The summed E-state index contributed by atoms with van der Waals surface area (Å²) in [7, 11) is 1.70. The Kier molecular flexibility index (Phi) is 6.82. The van der Waals surface area contributed by atoms with Crippen molar-refractivity contribution in [2.24, 2.45) is 0 Å². The number of piperidine rings is 1. The summed E-state index contributed by atoms with van der Waals surface area (Å²) in [5.41, 5.74) is 8.16. The van der Waals surface area contributed by atoms with Gasteiger partial charge in [0.25, 0.3) is 0 Å². The number of pyridine rings is 1. The molecule has 0 atom stereocenters. The Morgan fingerprint density at radius 3 is 2.71 bits per heavy atom. The number of benzene rings is 2. The molecule has 2 N–H and O–H groups in total. The van der Waals surface area contributed by atoms with E-state index in [9.17, 15) is 0 Å². The van der Waals surface area contributed by atoms with Crippen LogP contribution in [0.3, 0.4) is 0 Å². The molecule has 1 saturated heterocycles. The Morgan fingerprint density at radius 2 is 1.91 bits per heavy atom. The fraction of sp³-hybridized carbons (Fsp3) is 0.310. The molecule has 3 heterocycles. The summed E-state index contributed by atoms with van der Waals surface area (Å²) in [6.45, 7) is 9.72. The van der Waals surface area contributed by atoms with Crippen LogP contribution in [0, 0.1) is 0 Å². The van der Waals surface area contributed by atoms with Gasteiger partial charge in [0.15, 0.2) is 0 Å². The minimum Gasteiger partial charge on any atom is -0.496 e. The third-order valence-electron chi connectivity index (χ3n) is 6.79. The topological polar surface area (TPSA) is 66.1 Å². The van der Waals surface area contributed by atoms with E-state index in [2.05, 4.69) is 69.2 Å². The molecule has 5 rings (SSSR count). The number of nitrogens with zero attached hydrogens (tertiary/aromatic N) is 3. The quantitative estimate of drug-likeness (QED) is 0.320. The summed E-state index contributed by atoms with van der Waals surface area (Å²) in [4.78, 5) is 7.08. The monoisotopic (exact) mass is 467 g/mol. The van der Waals surface area contributed by atoms with Crippen LogP contribution in [0.25, 0.3) is 27.7 Å². The summed E-state index contributed by atoms with van der Waals surface area (Å²) in [6, 6.07) is 14.7. The molecule has 0 bridgehead atoms. The number of aromatic amines is 1. The van der Waals surface area contributed by atoms with E-state index in [0.29, 0.717) is 0 Å². The number of fused-ring (bicyclic) bond motifs is 1. The van der Waals surface area contributed by atoms with Crippen molar-refractivity contribution in [1.29, 1.82) is 0 Å². The van der Waals surface area contributed by atoms with Gasteiger partial charge in [0, 0.05) is 35.6 Å². The summed E-state index contributed by atoms with van der Waals surface area (Å²) >= 11 is 0. The van der Waals surface area contributed by atoms with E-state index >= 15 is 0 Å². The molecule has 0 spiro atoms. The number of likely N-dealkylation sites (tertiary alicyclic amines) is 1. The number of methoxy groups -OCH3 is 1. The highest BCUT2D eigenvalue weighted by Crippen LogP contribution is 2.30. The van der Waals surface area contributed by atoms with Crippen molar-refractivity contribution in [2.75, 3.05) is 25.5 Å². The molecular formula is C29H33N5O. The van der Waals surface area contributed by atoms with Gasteiger partial charge in [-0.1, -0.05) is 26.0 Å². The number of anilines is 1. The highest BCUT2D eigenvalue weighted by Gasteiger charge is 2.14. The van der Waals surface area contributed by atoms with E-state index in [1.807, 2.05) is 24.5 Å². The lowest BCUT2D eigenvalue weighted by molar-refractivity contribution is 0.220. The third kappa shape index (κ3) is 5.08. The number of hydrogen-bond donors (Lipinski definition) is 2. The summed E-state index contributed by atoms with van der Waals surface area (Å²) in [5.74, 6) is 0.898. The fourth-order valence-corrected chi connectivity index (χ4v) is 4.90. The van der Waals surface area contributed by atoms with Gasteiger partial charge in [-0.25, -0.2) is 0 Å². The van der Waals surface area contributed by atoms with E-state index in [1.165, 1.54) is 37.9 Å². The minimum absolute atomic E-state index is 0.748. The van der Waals surface area contributed by atoms with Crippen molar-refractivity contribution < 1.29 is 4.74 Å². The molecule has 0 unspecified atom stereocenters. The zero-order valence-corrected chi connectivity index (χ0v) is 20.6. The highest BCUT2D eigenvalue weighted by molar-refractivity contribution is 5.95. The second-order valence-electron chi connectivity index (χ2n) is 9.23. The Balaban J connectivity index is 1.39. The fourth-order valence-electron chi connectivity index (χ4n) is 4.90. The van der Waals surface area contributed by atoms with Crippen LogP contribution in [0.15, 0.2) is 61.4 Å². The number of aromatic nitrogens is 3. The van der Waals surface area contributed by atoms with Crippen molar-refractivity contribution in [3.63, 3.8) is 0 Å². The predicted octanol–water partition coefficient (Wildman–Crippen LogP) is 6.26. The molecular weight excluding hydrogens is 434 g/mol. The van der Waals surface area contributed by atoms with Crippen LogP contribution < -0.4 is 10.1 Å². The minimum atomic E-state index is 0.748. The molecule has 4 aromatic rings. The van der Waals surface area contributed by atoms with Crippen molar-refractivity contribution in [1.82, 2.24) is 20.1 Å². The average molecular weight is 468 g/mol. The predicted molar refractivity (Wildman–Crippen MR) is 143 cm³/mol. The second kappa shape index (κ2) is 10.3. The number of H-pyrrole nitrogens is 1. The van der Waals surface area contributed by atoms with Gasteiger partial charge in [-0.15, -0.1) is 0 Å². The first-order valence-electron chi connectivity index (χ1n) is 12.4. The van der Waals surface area contributed by atoms with Crippen molar-refractivity contribution in [2.45, 2.75) is 39.2 Å². The number of hydrogen-bond acceptors (Lipinski definition) is 5. The second-order valence-corrected chi connectivity index (χ2v) is 9.23. The molecule has 2 aromatic heterocycles. The highest BCUT2D eigenvalue weighted by atomic mass is 16.5. The lowest BCUT2D eigenvalue weighted by atomic mass is 10.0. The van der Waals surface area contributed by atoms with Gasteiger partial charge in [-0.05, 0) is 85.4 Å². The molecule has 0 aliphatic carbocycles. The first-order valence-corrected chi connectivity index (χ1v) is 12.4. The summed E-state index contributed by atoms with van der Waals surface area (Å²) in [6.07, 6.45) is 8.76. The molecule has 6 nitrogen and oxygen atoms in total. The van der Waals surface area contributed by atoms with Crippen LogP contribution in [0.2, 0.25) is 0 Å². The zero-order valence-electron chi connectivity index (χ0n) is 20.6. The van der Waals surface area contributed by atoms with Gasteiger partial charge in [0.2, 0.25) is 0 Å². The van der Waals surface area contributed by atoms with E-state index in [1.54, 1.807) is 7.11 Å². The van der Waals surface area contributed by atoms with Gasteiger partial charge < -0.3 is 10.1 Å². The molecule has 2 aromatic carbocycles. The SMILES string of the molecule is C=C(Nc1ccc(OC)c(CC)c1)c1n[nH]c2ccc(-c3cncc(CN4CCCCC4)c3)cc12. The molecule has 180 valence electrons. The standard InChI is InChI=1S/C29H33N5O/c1-4-22-15-25(9-11-28(22)35-3)31-20(2)29-26-16-23(8-10-27(26)32-33-29)24-14-21(17-30-18-24)19-34-12-6-5-7-13-34/h8-11,14-18,31H,2,4-7,12-13,19H2,1,3H3,(H,32,33). The Morgan fingerprint density at radius 1 is 1.06 bits per heavy atom. The molecule has 6 heteroatoms. The maximum Gasteiger partial charge on any atom is 0.122 e. The van der Waals surface area contributed by atoms with Gasteiger partial charge in [0.1, 0.15) is 11.4 Å². The molecule has 0 radical (unpaired) electrons. The largest absolute Gasteiger partial charge is 0.496 e. The van der Waals surface area contributed by atoms with Crippen molar-refractivity contribution in [3.8, 4) is 16.9 Å². The maximum absolute atomic E-state index is 5.46. The first-order chi connectivity index (χ1) is 17.1. The normalized spacial score (nSPS) is 14.2. The zero-order chi connectivity index (χ0) is 24.2. The van der Waals surface area contributed by atoms with E-state index in [4.69, 9.17) is 4.74 Å². The Labute approximate surface area is 207 Å². The van der Waals surface area contributed by atoms with Gasteiger partial charge in [0.05, 0.1) is 18.3 Å². The van der Waals surface area contributed by atoms with Gasteiger partial charge >= 0.3 is 0 Å². The Hall–Kier alpha value is -3.64. The van der Waals surface area contributed by atoms with Gasteiger partial charge in [-0.3, -0.25) is 15.0 Å². The van der Waals surface area contributed by atoms with Crippen LogP contribution in [-0.2, 0) is 13.0 Å². The maximum atomic E-state index is 5.46. The molecule has 1 aliphatic rings. The van der Waals surface area contributed by atoms with Crippen LogP contribution >= 0.6 is 0 Å². The van der Waals surface area contributed by atoms with Crippen LogP contribution in [0.1, 0.15) is 43.0 Å². The lowest BCUT2D eigenvalue weighted by Gasteiger charge is -2.26. The van der Waals surface area contributed by atoms with Crippen molar-refractivity contribution in [3.05, 3.63) is 78.3 Å². The summed E-state index contributed by atoms with van der Waals surface area (Å²) < 4.78 is 5.46. The van der Waals surface area contributed by atoms with E-state index < -0.39 is 0 Å². The molecule has 1 aliphatic heterocycles. The van der Waals surface area contributed by atoms with Crippen molar-refractivity contribution >= 4 is 22.3 Å². The first kappa shape index (κ1) is 23.1. The van der Waals surface area contributed by atoms with Crippen LogP contribution in [0.4, 0.5) is 5.69 Å². The molecule has 35 heavy (non-hydrogen) atoms. The molecule has 1 fully saturated rings. The number of rotatable bonds is 8. The van der Waals surface area contributed by atoms with E-state index in [-0.39, 0.29) is 0 Å². The van der Waals surface area contributed by atoms with Crippen LogP contribution in [0.5, 0.6) is 5.75 Å². The van der Waals surface area contributed by atoms with E-state index in [0.717, 1.165) is 63.4 Å². The number of ether oxygens (including phenoxy) is 1. The molecule has 0 amide bonds. The smallest absolute Gasteiger partial charge is 0.122 e. The average Bonchev–Trinajstić information content (AvgIpc) is 3.33. The number of nitrogens with one attached hydrogen (secondary N) is 2. The third-order valence-corrected chi connectivity index (χ3v) is 6.79. The molecule has 0 saturated carbocycles. The van der Waals surface area contributed by atoms with Crippen LogP contribution in [-0.4, -0.2) is 40.3 Å². The lowest BCUT2D eigenvalue weighted by Crippen LogP contribution is -2.29. The number of aryl methyl sites for hydroxylation is 1. The van der Waals surface area contributed by atoms with Gasteiger partial charge in [-0.2, -0.15) is 5.10 Å². The summed E-state index contributed by atoms with van der Waals surface area (Å²) in [5, 5.41) is 12.2.